The summed E-state index contributed by atoms with van der Waals surface area (Å²) < 4.78 is 9.75. The van der Waals surface area contributed by atoms with Gasteiger partial charge in [0.1, 0.15) is 17.4 Å². The Bertz CT molecular complexity index is 360. The Morgan fingerprint density at radius 3 is 2.50 bits per heavy atom. The monoisotopic (exact) mass is 257 g/mol. The standard InChI is InChI=1S/C12H19NO5/c1-11(2,3)18-10(16)13-12(9(15)17-4)7-8(12)5-6-14/h6,8H,5,7H2,1-4H3,(H,13,16). The second kappa shape index (κ2) is 4.96. The Balaban J connectivity index is 2.68. The van der Waals surface area contributed by atoms with Crippen molar-refractivity contribution in [2.75, 3.05) is 7.11 Å². The zero-order chi connectivity index (χ0) is 14.0. The van der Waals surface area contributed by atoms with Crippen LogP contribution < -0.4 is 5.32 Å². The molecule has 2 unspecified atom stereocenters. The molecule has 1 fully saturated rings. The molecular weight excluding hydrogens is 238 g/mol. The van der Waals surface area contributed by atoms with E-state index in [9.17, 15) is 14.4 Å². The summed E-state index contributed by atoms with van der Waals surface area (Å²) in [6.45, 7) is 5.19. The molecule has 1 saturated carbocycles. The van der Waals surface area contributed by atoms with Crippen LogP contribution in [0.2, 0.25) is 0 Å². The Morgan fingerprint density at radius 1 is 1.44 bits per heavy atom. The van der Waals surface area contributed by atoms with E-state index in [-0.39, 0.29) is 12.3 Å². The van der Waals surface area contributed by atoms with Crippen LogP contribution in [0, 0.1) is 5.92 Å². The number of hydrogen-bond donors (Lipinski definition) is 1. The first kappa shape index (κ1) is 14.5. The SMILES string of the molecule is COC(=O)C1(NC(=O)OC(C)(C)C)CC1CC=O. The van der Waals surface area contributed by atoms with E-state index >= 15 is 0 Å². The average molecular weight is 257 g/mol. The molecule has 1 aliphatic carbocycles. The zero-order valence-electron chi connectivity index (χ0n) is 11.1. The average Bonchev–Trinajstić information content (AvgIpc) is 2.89. The number of aldehydes is 1. The van der Waals surface area contributed by atoms with Gasteiger partial charge in [0, 0.05) is 12.3 Å². The Morgan fingerprint density at radius 2 is 2.06 bits per heavy atom. The summed E-state index contributed by atoms with van der Waals surface area (Å²) >= 11 is 0. The predicted molar refractivity (Wildman–Crippen MR) is 62.9 cm³/mol. The second-order valence-electron chi connectivity index (χ2n) is 5.39. The zero-order valence-corrected chi connectivity index (χ0v) is 11.1. The molecule has 0 aromatic carbocycles. The number of carbonyl (C=O) groups is 3. The van der Waals surface area contributed by atoms with Crippen molar-refractivity contribution < 1.29 is 23.9 Å². The molecule has 6 heteroatoms. The molecule has 6 nitrogen and oxygen atoms in total. The van der Waals surface area contributed by atoms with Gasteiger partial charge in [0.25, 0.3) is 0 Å². The number of hydrogen-bond acceptors (Lipinski definition) is 5. The van der Waals surface area contributed by atoms with Crippen LogP contribution in [0.3, 0.4) is 0 Å². The van der Waals surface area contributed by atoms with E-state index in [1.807, 2.05) is 0 Å². The number of rotatable bonds is 4. The molecule has 0 spiro atoms. The van der Waals surface area contributed by atoms with Gasteiger partial charge in [-0.3, -0.25) is 0 Å². The van der Waals surface area contributed by atoms with Gasteiger partial charge in [-0.2, -0.15) is 0 Å². The highest BCUT2D eigenvalue weighted by molar-refractivity contribution is 5.90. The first-order valence-electron chi connectivity index (χ1n) is 5.78. The first-order valence-corrected chi connectivity index (χ1v) is 5.78. The van der Waals surface area contributed by atoms with Crippen LogP contribution in [0.15, 0.2) is 0 Å². The smallest absolute Gasteiger partial charge is 0.408 e. The van der Waals surface area contributed by atoms with Crippen LogP contribution in [0.4, 0.5) is 4.79 Å². The largest absolute Gasteiger partial charge is 0.467 e. The van der Waals surface area contributed by atoms with Crippen molar-refractivity contribution in [2.24, 2.45) is 5.92 Å². The topological polar surface area (TPSA) is 81.7 Å². The second-order valence-corrected chi connectivity index (χ2v) is 5.39. The molecular formula is C12H19NO5. The third-order valence-electron chi connectivity index (χ3n) is 2.76. The van der Waals surface area contributed by atoms with E-state index in [4.69, 9.17) is 4.74 Å². The van der Waals surface area contributed by atoms with Crippen molar-refractivity contribution in [3.05, 3.63) is 0 Å². The van der Waals surface area contributed by atoms with E-state index in [1.54, 1.807) is 20.8 Å². The third kappa shape index (κ3) is 3.21. The molecule has 0 saturated heterocycles. The van der Waals surface area contributed by atoms with Crippen LogP contribution in [-0.4, -0.2) is 36.6 Å². The van der Waals surface area contributed by atoms with E-state index in [2.05, 4.69) is 10.1 Å². The predicted octanol–water partition coefficient (Wildman–Crippen LogP) is 1.03. The minimum atomic E-state index is -1.10. The molecule has 18 heavy (non-hydrogen) atoms. The summed E-state index contributed by atoms with van der Waals surface area (Å²) in [5, 5.41) is 2.51. The molecule has 102 valence electrons. The third-order valence-corrected chi connectivity index (χ3v) is 2.76. The van der Waals surface area contributed by atoms with Crippen molar-refractivity contribution in [3.8, 4) is 0 Å². The van der Waals surface area contributed by atoms with Gasteiger partial charge in [-0.05, 0) is 27.2 Å². The molecule has 0 aliphatic heterocycles. The van der Waals surface area contributed by atoms with Gasteiger partial charge in [0.2, 0.25) is 0 Å². The normalized spacial score (nSPS) is 26.1. The van der Waals surface area contributed by atoms with Gasteiger partial charge in [0.05, 0.1) is 7.11 Å². The fourth-order valence-corrected chi connectivity index (χ4v) is 1.85. The number of amides is 1. The lowest BCUT2D eigenvalue weighted by Gasteiger charge is -2.23. The maximum atomic E-state index is 11.7. The maximum Gasteiger partial charge on any atom is 0.408 e. The molecule has 0 bridgehead atoms. The van der Waals surface area contributed by atoms with Crippen LogP contribution in [-0.2, 0) is 19.1 Å². The molecule has 0 radical (unpaired) electrons. The number of esters is 1. The fourth-order valence-electron chi connectivity index (χ4n) is 1.85. The van der Waals surface area contributed by atoms with Crippen molar-refractivity contribution in [1.29, 1.82) is 0 Å². The van der Waals surface area contributed by atoms with E-state index in [0.29, 0.717) is 6.42 Å². The summed E-state index contributed by atoms with van der Waals surface area (Å²) in [6, 6.07) is 0. The highest BCUT2D eigenvalue weighted by Crippen LogP contribution is 2.46. The van der Waals surface area contributed by atoms with Gasteiger partial charge >= 0.3 is 12.1 Å². The summed E-state index contributed by atoms with van der Waals surface area (Å²) in [7, 11) is 1.25. The van der Waals surface area contributed by atoms with Crippen molar-refractivity contribution >= 4 is 18.3 Å². The lowest BCUT2D eigenvalue weighted by atomic mass is 10.1. The fraction of sp³-hybridized carbons (Fsp3) is 0.750. The van der Waals surface area contributed by atoms with Crippen LogP contribution in [0.1, 0.15) is 33.6 Å². The Kier molecular flexibility index (Phi) is 3.98. The summed E-state index contributed by atoms with van der Waals surface area (Å²) in [4.78, 5) is 33.8. The quantitative estimate of drug-likeness (QED) is 0.601. The summed E-state index contributed by atoms with van der Waals surface area (Å²) in [5.41, 5.74) is -1.74. The number of ether oxygens (including phenoxy) is 2. The first-order chi connectivity index (χ1) is 8.25. The molecule has 0 aromatic rings. The highest BCUT2D eigenvalue weighted by atomic mass is 16.6. The van der Waals surface area contributed by atoms with Crippen molar-refractivity contribution in [2.45, 2.75) is 44.8 Å². The Hall–Kier alpha value is -1.59. The highest BCUT2D eigenvalue weighted by Gasteiger charge is 2.62. The van der Waals surface area contributed by atoms with Crippen LogP contribution >= 0.6 is 0 Å². The molecule has 1 amide bonds. The maximum absolute atomic E-state index is 11.7. The van der Waals surface area contributed by atoms with Gasteiger partial charge in [-0.15, -0.1) is 0 Å². The number of nitrogens with one attached hydrogen (secondary N) is 1. The molecule has 1 aliphatic rings. The lowest BCUT2D eigenvalue weighted by molar-refractivity contribution is -0.144. The molecule has 0 aromatic heterocycles. The Labute approximate surface area is 106 Å². The van der Waals surface area contributed by atoms with Crippen LogP contribution in [0.25, 0.3) is 0 Å². The van der Waals surface area contributed by atoms with Crippen molar-refractivity contribution in [1.82, 2.24) is 5.32 Å². The minimum absolute atomic E-state index is 0.213. The summed E-state index contributed by atoms with van der Waals surface area (Å²) in [5.74, 6) is -0.754. The van der Waals surface area contributed by atoms with E-state index in [1.165, 1.54) is 7.11 Å². The van der Waals surface area contributed by atoms with E-state index in [0.717, 1.165) is 6.29 Å². The van der Waals surface area contributed by atoms with Gasteiger partial charge in [-0.25, -0.2) is 9.59 Å². The minimum Gasteiger partial charge on any atom is -0.467 e. The molecule has 1 N–H and O–H groups in total. The molecule has 2 atom stereocenters. The lowest BCUT2D eigenvalue weighted by Crippen LogP contribution is -2.47. The van der Waals surface area contributed by atoms with E-state index < -0.39 is 23.2 Å². The van der Waals surface area contributed by atoms with Crippen LogP contribution in [0.5, 0.6) is 0 Å². The number of carbonyl (C=O) groups excluding carboxylic acids is 3. The molecule has 0 heterocycles. The summed E-state index contributed by atoms with van der Waals surface area (Å²) in [6.07, 6.45) is 0.663. The molecule has 1 rings (SSSR count). The van der Waals surface area contributed by atoms with Gasteiger partial charge in [0.15, 0.2) is 0 Å². The van der Waals surface area contributed by atoms with Gasteiger partial charge < -0.3 is 19.6 Å². The number of methoxy groups -OCH3 is 1. The van der Waals surface area contributed by atoms with Crippen molar-refractivity contribution in [3.63, 3.8) is 0 Å². The number of alkyl carbamates (subject to hydrolysis) is 1. The van der Waals surface area contributed by atoms with Gasteiger partial charge in [-0.1, -0.05) is 0 Å².